The lowest BCUT2D eigenvalue weighted by molar-refractivity contribution is 0.833. The summed E-state index contributed by atoms with van der Waals surface area (Å²) < 4.78 is 5.09. The fraction of sp³-hybridized carbons (Fsp3) is 0.400. The summed E-state index contributed by atoms with van der Waals surface area (Å²) in [7, 11) is 0. The van der Waals surface area contributed by atoms with Crippen molar-refractivity contribution in [2.45, 2.75) is 53.4 Å². The van der Waals surface area contributed by atoms with Crippen LogP contribution in [0.15, 0.2) is 54.3 Å². The van der Waals surface area contributed by atoms with E-state index in [2.05, 4.69) is 51.3 Å². The molecule has 0 radical (unpaired) electrons. The number of nitrogens with zero attached hydrogens (tertiary/aromatic N) is 8. The van der Waals surface area contributed by atoms with E-state index in [4.69, 9.17) is 11.6 Å². The standard InChI is InChI=1S/C12H10ClN3O.C9H11IN5P.2C2H6/c13-10-6-7-16-11(10)12(17)15(8-14-16)9-4-2-1-3-5-9;10-16-15-6-13-7-8(11-5-12-9(7)15)14-3-1-2-4-14;2*1-2/h2,4-8H,1,3H2;5-6,16H,1-4H2;2*1-2H3. The molecule has 6 rings (SSSR count). The first-order chi connectivity index (χ1) is 18.2. The molecule has 0 aromatic carbocycles. The van der Waals surface area contributed by atoms with Crippen molar-refractivity contribution in [3.63, 3.8) is 0 Å². The van der Waals surface area contributed by atoms with Gasteiger partial charge in [-0.2, -0.15) is 5.10 Å². The minimum Gasteiger partial charge on any atom is -0.355 e. The first-order valence-electron chi connectivity index (χ1n) is 12.6. The summed E-state index contributed by atoms with van der Waals surface area (Å²) in [4.78, 5) is 27.7. The summed E-state index contributed by atoms with van der Waals surface area (Å²) in [6.45, 7) is 10.2. The molecule has 5 heterocycles. The largest absolute Gasteiger partial charge is 0.355 e. The molecule has 4 aromatic rings. The maximum absolute atomic E-state index is 12.3. The highest BCUT2D eigenvalue weighted by Gasteiger charge is 2.18. The third-order valence-electron chi connectivity index (χ3n) is 5.59. The van der Waals surface area contributed by atoms with Crippen LogP contribution in [-0.4, -0.2) is 46.6 Å². The lowest BCUT2D eigenvalue weighted by atomic mass is 10.1. The van der Waals surface area contributed by atoms with Crippen LogP contribution in [0.1, 0.15) is 53.4 Å². The van der Waals surface area contributed by atoms with E-state index in [9.17, 15) is 4.79 Å². The van der Waals surface area contributed by atoms with Gasteiger partial charge in [0.05, 0.1) is 11.4 Å². The van der Waals surface area contributed by atoms with Crippen molar-refractivity contribution in [3.8, 4) is 0 Å². The highest BCUT2D eigenvalue weighted by atomic mass is 127. The fourth-order valence-electron chi connectivity index (χ4n) is 3.98. The Morgan fingerprint density at radius 3 is 2.46 bits per heavy atom. The van der Waals surface area contributed by atoms with Gasteiger partial charge in [-0.15, -0.1) is 0 Å². The van der Waals surface area contributed by atoms with Crippen molar-refractivity contribution in [1.82, 2.24) is 33.5 Å². The molecule has 0 amide bonds. The quantitative estimate of drug-likeness (QED) is 0.183. The van der Waals surface area contributed by atoms with E-state index >= 15 is 0 Å². The fourth-order valence-corrected chi connectivity index (χ4v) is 5.60. The summed E-state index contributed by atoms with van der Waals surface area (Å²) >= 11 is 8.31. The summed E-state index contributed by atoms with van der Waals surface area (Å²) in [5.74, 6) is 0.996. The Labute approximate surface area is 237 Å². The molecule has 0 saturated carbocycles. The van der Waals surface area contributed by atoms with Crippen LogP contribution in [0.5, 0.6) is 0 Å². The first-order valence-corrected chi connectivity index (χ1v) is 17.0. The number of hydrogen-bond donors (Lipinski definition) is 0. The van der Waals surface area contributed by atoms with Gasteiger partial charge in [0.25, 0.3) is 5.56 Å². The summed E-state index contributed by atoms with van der Waals surface area (Å²) in [5, 5.41) is 4.59. The van der Waals surface area contributed by atoms with E-state index in [0.29, 0.717) is 16.9 Å². The smallest absolute Gasteiger partial charge is 0.283 e. The van der Waals surface area contributed by atoms with Crippen LogP contribution >= 0.6 is 40.0 Å². The van der Waals surface area contributed by atoms with E-state index in [0.717, 1.165) is 48.6 Å². The Hall–Kier alpha value is -2.30. The normalized spacial score (nSPS) is 14.6. The van der Waals surface area contributed by atoms with Crippen molar-refractivity contribution in [3.05, 3.63) is 64.8 Å². The third kappa shape index (κ3) is 6.59. The van der Waals surface area contributed by atoms with Gasteiger partial charge in [-0.25, -0.2) is 19.5 Å². The maximum atomic E-state index is 12.3. The monoisotopic (exact) mass is 654 g/mol. The van der Waals surface area contributed by atoms with E-state index in [1.807, 2.05) is 52.3 Å². The second-order valence-corrected chi connectivity index (χ2v) is 10.1. The van der Waals surface area contributed by atoms with Crippen LogP contribution in [-0.2, 0) is 0 Å². The van der Waals surface area contributed by atoms with Crippen LogP contribution in [0, 0.1) is 0 Å². The molecule has 2 aliphatic rings. The number of allylic oxidation sites excluding steroid dienone is 4. The van der Waals surface area contributed by atoms with Gasteiger partial charge in [0.1, 0.15) is 24.5 Å². The van der Waals surface area contributed by atoms with Crippen LogP contribution in [0.2, 0.25) is 5.02 Å². The first kappa shape index (κ1) is 29.3. The predicted molar refractivity (Wildman–Crippen MR) is 164 cm³/mol. The van der Waals surface area contributed by atoms with Gasteiger partial charge in [-0.3, -0.25) is 13.7 Å². The second-order valence-electron chi connectivity index (χ2n) is 7.63. The Morgan fingerprint density at radius 2 is 1.78 bits per heavy atom. The molecule has 1 atom stereocenters. The molecule has 4 aromatic heterocycles. The second kappa shape index (κ2) is 14.6. The molecule has 37 heavy (non-hydrogen) atoms. The number of aromatic nitrogens is 7. The average Bonchev–Trinajstić information content (AvgIpc) is 3.72. The molecule has 1 saturated heterocycles. The Bertz CT molecular complexity index is 1420. The van der Waals surface area contributed by atoms with Gasteiger partial charge in [0, 0.05) is 25.0 Å². The zero-order valence-corrected chi connectivity index (χ0v) is 25.5. The molecule has 198 valence electrons. The van der Waals surface area contributed by atoms with E-state index < -0.39 is 0 Å². The zero-order chi connectivity index (χ0) is 26.8. The number of hydrogen-bond acceptors (Lipinski definition) is 6. The number of imidazole rings is 1. The third-order valence-corrected chi connectivity index (χ3v) is 7.97. The molecular weight excluding hydrogens is 622 g/mol. The van der Waals surface area contributed by atoms with E-state index in [1.165, 1.54) is 28.3 Å². The highest BCUT2D eigenvalue weighted by molar-refractivity contribution is 14.2. The number of rotatable bonds is 3. The summed E-state index contributed by atoms with van der Waals surface area (Å²) in [6.07, 6.45) is 17.8. The van der Waals surface area contributed by atoms with Crippen LogP contribution in [0.25, 0.3) is 22.4 Å². The van der Waals surface area contributed by atoms with Crippen LogP contribution < -0.4 is 10.5 Å². The Kier molecular flexibility index (Phi) is 11.5. The maximum Gasteiger partial charge on any atom is 0.283 e. The molecule has 1 fully saturated rings. The van der Waals surface area contributed by atoms with Crippen molar-refractivity contribution < 1.29 is 0 Å². The topological polar surface area (TPSA) is 86.1 Å². The molecule has 0 bridgehead atoms. The number of halogens is 2. The molecule has 1 aliphatic carbocycles. The number of fused-ring (bicyclic) bond motifs is 2. The predicted octanol–water partition coefficient (Wildman–Crippen LogP) is 6.61. The Morgan fingerprint density at radius 1 is 1.03 bits per heavy atom. The molecule has 1 aliphatic heterocycles. The molecule has 9 nitrogen and oxygen atoms in total. The molecule has 12 heteroatoms. The number of anilines is 1. The van der Waals surface area contributed by atoms with Crippen molar-refractivity contribution in [2.75, 3.05) is 18.0 Å². The van der Waals surface area contributed by atoms with Crippen LogP contribution in [0.3, 0.4) is 0 Å². The highest BCUT2D eigenvalue weighted by Crippen LogP contribution is 2.31. The SMILES string of the molecule is CC.CC.IPn1cnc2c(N3CCCC3)ncnc21.O=c1c2c(Cl)ccn2ncn1C1=CCCC=C1. The summed E-state index contributed by atoms with van der Waals surface area (Å²) in [5.41, 5.74) is 3.01. The van der Waals surface area contributed by atoms with Crippen LogP contribution in [0.4, 0.5) is 5.82 Å². The minimum absolute atomic E-state index is 0.146. The molecular formula is C25H33ClIN8OP. The summed E-state index contributed by atoms with van der Waals surface area (Å²) in [6, 6.07) is 1.67. The van der Waals surface area contributed by atoms with Crippen molar-refractivity contribution in [1.29, 1.82) is 0 Å². The van der Waals surface area contributed by atoms with Crippen molar-refractivity contribution in [2.24, 2.45) is 0 Å². The minimum atomic E-state index is -0.146. The van der Waals surface area contributed by atoms with Gasteiger partial charge >= 0.3 is 0 Å². The van der Waals surface area contributed by atoms with E-state index in [1.54, 1.807) is 18.6 Å². The van der Waals surface area contributed by atoms with Gasteiger partial charge in [-0.1, -0.05) is 51.4 Å². The molecule has 0 spiro atoms. The zero-order valence-electron chi connectivity index (χ0n) is 21.6. The van der Waals surface area contributed by atoms with Gasteiger partial charge < -0.3 is 4.90 Å². The van der Waals surface area contributed by atoms with Gasteiger partial charge in [0.15, 0.2) is 17.0 Å². The van der Waals surface area contributed by atoms with Gasteiger partial charge in [-0.05, 0) is 59.9 Å². The average molecular weight is 655 g/mol. The lowest BCUT2D eigenvalue weighted by Gasteiger charge is -2.15. The van der Waals surface area contributed by atoms with Gasteiger partial charge in [0.2, 0.25) is 0 Å². The van der Waals surface area contributed by atoms with E-state index in [-0.39, 0.29) is 5.56 Å². The Balaban J connectivity index is 0.000000182. The molecule has 1 unspecified atom stereocenters. The van der Waals surface area contributed by atoms with Crippen molar-refractivity contribution >= 4 is 68.2 Å². The molecule has 0 N–H and O–H groups in total. The lowest BCUT2D eigenvalue weighted by Crippen LogP contribution is -2.22.